The Hall–Kier alpha value is -2.05. The first kappa shape index (κ1) is 17.8. The van der Waals surface area contributed by atoms with Crippen LogP contribution in [-0.4, -0.2) is 22.7 Å². The molecule has 0 radical (unpaired) electrons. The predicted molar refractivity (Wildman–Crippen MR) is 106 cm³/mol. The second-order valence-corrected chi connectivity index (χ2v) is 7.68. The molecule has 3 aromatic rings. The summed E-state index contributed by atoms with van der Waals surface area (Å²) in [7, 11) is 0. The molecular formula is C19H20N2O2S2. The molecule has 130 valence electrons. The zero-order valence-corrected chi connectivity index (χ0v) is 15.8. The molecule has 0 fully saturated rings. The maximum absolute atomic E-state index is 12.4. The average Bonchev–Trinajstić information content (AvgIpc) is 2.98. The molecule has 0 bridgehead atoms. The van der Waals surface area contributed by atoms with Gasteiger partial charge in [0.25, 0.3) is 5.56 Å². The lowest BCUT2D eigenvalue weighted by atomic mass is 10.1. The van der Waals surface area contributed by atoms with Gasteiger partial charge in [-0.25, -0.2) is 0 Å². The van der Waals surface area contributed by atoms with E-state index in [0.29, 0.717) is 11.9 Å². The number of amides is 1. The van der Waals surface area contributed by atoms with Gasteiger partial charge in [-0.3, -0.25) is 13.5 Å². The van der Waals surface area contributed by atoms with Crippen LogP contribution in [0.4, 0.5) is 0 Å². The molecule has 25 heavy (non-hydrogen) atoms. The van der Waals surface area contributed by atoms with Crippen LogP contribution in [0, 0.1) is 0 Å². The topological polar surface area (TPSA) is 51.1 Å². The number of nitrogens with zero attached hydrogens (tertiary/aromatic N) is 1. The highest BCUT2D eigenvalue weighted by Crippen LogP contribution is 2.19. The molecular weight excluding hydrogens is 352 g/mol. The molecule has 2 aromatic carbocycles. The first-order valence-electron chi connectivity index (χ1n) is 8.11. The van der Waals surface area contributed by atoms with E-state index in [4.69, 9.17) is 0 Å². The van der Waals surface area contributed by atoms with Crippen LogP contribution in [-0.2, 0) is 11.2 Å². The van der Waals surface area contributed by atoms with Crippen molar-refractivity contribution in [2.24, 2.45) is 0 Å². The predicted octanol–water partition coefficient (Wildman–Crippen LogP) is 3.70. The van der Waals surface area contributed by atoms with Crippen molar-refractivity contribution >= 4 is 39.3 Å². The van der Waals surface area contributed by atoms with E-state index in [9.17, 15) is 9.59 Å². The van der Waals surface area contributed by atoms with Crippen LogP contribution in [0.2, 0.25) is 0 Å². The SMILES string of the molecule is CSc1ccc(CCNC(=O)[C@@H](C)n2sc3ccccc3c2=O)cc1. The van der Waals surface area contributed by atoms with E-state index in [1.807, 2.05) is 24.5 Å². The Morgan fingerprint density at radius 3 is 2.60 bits per heavy atom. The van der Waals surface area contributed by atoms with Gasteiger partial charge >= 0.3 is 0 Å². The fourth-order valence-electron chi connectivity index (χ4n) is 2.62. The Balaban J connectivity index is 1.62. The highest BCUT2D eigenvalue weighted by atomic mass is 32.2. The molecule has 3 rings (SSSR count). The lowest BCUT2D eigenvalue weighted by molar-refractivity contribution is -0.123. The standard InChI is InChI=1S/C19H20N2O2S2/c1-13(21-19(23)16-5-3-4-6-17(16)25-21)18(22)20-12-11-14-7-9-15(24-2)10-8-14/h3-10,13H,11-12H2,1-2H3,(H,20,22)/t13-/m1/s1. The third kappa shape index (κ3) is 3.96. The summed E-state index contributed by atoms with van der Waals surface area (Å²) in [6, 6.07) is 15.3. The van der Waals surface area contributed by atoms with E-state index >= 15 is 0 Å². The molecule has 4 nitrogen and oxygen atoms in total. The Labute approximate surface area is 155 Å². The zero-order valence-electron chi connectivity index (χ0n) is 14.2. The third-order valence-electron chi connectivity index (χ3n) is 4.12. The number of hydrogen-bond acceptors (Lipinski definition) is 4. The number of aromatic nitrogens is 1. The van der Waals surface area contributed by atoms with E-state index in [2.05, 4.69) is 29.6 Å². The van der Waals surface area contributed by atoms with Crippen LogP contribution in [0.15, 0.2) is 58.2 Å². The minimum absolute atomic E-state index is 0.101. The summed E-state index contributed by atoms with van der Waals surface area (Å²) < 4.78 is 2.45. The van der Waals surface area contributed by atoms with Gasteiger partial charge in [0, 0.05) is 11.4 Å². The monoisotopic (exact) mass is 372 g/mol. The molecule has 0 aliphatic carbocycles. The van der Waals surface area contributed by atoms with Gasteiger partial charge in [-0.15, -0.1) is 11.8 Å². The van der Waals surface area contributed by atoms with Crippen molar-refractivity contribution in [3.8, 4) is 0 Å². The van der Waals surface area contributed by atoms with Crippen LogP contribution in [0.25, 0.3) is 10.1 Å². The fraction of sp³-hybridized carbons (Fsp3) is 0.263. The molecule has 6 heteroatoms. The number of carbonyl (C=O) groups is 1. The van der Waals surface area contributed by atoms with Crippen molar-refractivity contribution in [1.82, 2.24) is 9.27 Å². The van der Waals surface area contributed by atoms with Gasteiger partial charge in [-0.2, -0.15) is 0 Å². The van der Waals surface area contributed by atoms with Crippen LogP contribution in [0.3, 0.4) is 0 Å². The van der Waals surface area contributed by atoms with E-state index in [1.54, 1.807) is 28.7 Å². The quantitative estimate of drug-likeness (QED) is 0.671. The van der Waals surface area contributed by atoms with Gasteiger partial charge in [0.15, 0.2) is 0 Å². The summed E-state index contributed by atoms with van der Waals surface area (Å²) >= 11 is 3.05. The number of hydrogen-bond donors (Lipinski definition) is 1. The molecule has 0 aliphatic heterocycles. The summed E-state index contributed by atoms with van der Waals surface area (Å²) in [6.45, 7) is 2.32. The van der Waals surface area contributed by atoms with Crippen LogP contribution < -0.4 is 10.9 Å². The lowest BCUT2D eigenvalue weighted by Crippen LogP contribution is -2.34. The Kier molecular flexibility index (Phi) is 5.60. The van der Waals surface area contributed by atoms with Crippen LogP contribution in [0.1, 0.15) is 18.5 Å². The van der Waals surface area contributed by atoms with Crippen LogP contribution in [0.5, 0.6) is 0 Å². The average molecular weight is 373 g/mol. The van der Waals surface area contributed by atoms with Gasteiger partial charge in [0.1, 0.15) is 6.04 Å². The minimum atomic E-state index is -0.510. The molecule has 1 N–H and O–H groups in total. The highest BCUT2D eigenvalue weighted by Gasteiger charge is 2.19. The first-order chi connectivity index (χ1) is 12.1. The van der Waals surface area contributed by atoms with Gasteiger partial charge in [0.05, 0.1) is 10.1 Å². The van der Waals surface area contributed by atoms with Gasteiger partial charge in [-0.1, -0.05) is 35.8 Å². The Morgan fingerprint density at radius 1 is 1.20 bits per heavy atom. The Morgan fingerprint density at radius 2 is 1.92 bits per heavy atom. The van der Waals surface area contributed by atoms with Crippen molar-refractivity contribution in [3.05, 3.63) is 64.4 Å². The maximum Gasteiger partial charge on any atom is 0.269 e. The van der Waals surface area contributed by atoms with E-state index < -0.39 is 6.04 Å². The summed E-state index contributed by atoms with van der Waals surface area (Å²) in [5.41, 5.74) is 1.08. The Bertz CT molecular complexity index is 928. The second kappa shape index (κ2) is 7.89. The molecule has 1 atom stereocenters. The number of thioether (sulfide) groups is 1. The molecule has 1 heterocycles. The molecule has 0 saturated heterocycles. The zero-order chi connectivity index (χ0) is 17.8. The first-order valence-corrected chi connectivity index (χ1v) is 10.1. The summed E-state index contributed by atoms with van der Waals surface area (Å²) in [5.74, 6) is -0.130. The molecule has 0 aliphatic rings. The van der Waals surface area contributed by atoms with Crippen molar-refractivity contribution < 1.29 is 4.79 Å². The molecule has 1 amide bonds. The molecule has 0 saturated carbocycles. The number of fused-ring (bicyclic) bond motifs is 1. The number of benzene rings is 2. The molecule has 0 spiro atoms. The largest absolute Gasteiger partial charge is 0.354 e. The second-order valence-electron chi connectivity index (χ2n) is 5.78. The fourth-order valence-corrected chi connectivity index (χ4v) is 4.07. The van der Waals surface area contributed by atoms with Gasteiger partial charge < -0.3 is 5.32 Å². The summed E-state index contributed by atoms with van der Waals surface area (Å²) in [5, 5.41) is 3.60. The lowest BCUT2D eigenvalue weighted by Gasteiger charge is -2.12. The third-order valence-corrected chi connectivity index (χ3v) is 6.09. The normalized spacial score (nSPS) is 12.2. The minimum Gasteiger partial charge on any atom is -0.354 e. The number of carbonyl (C=O) groups excluding carboxylic acids is 1. The number of nitrogens with one attached hydrogen (secondary N) is 1. The maximum atomic E-state index is 12.4. The molecule has 0 unspecified atom stereocenters. The smallest absolute Gasteiger partial charge is 0.269 e. The summed E-state index contributed by atoms with van der Waals surface area (Å²) in [6.07, 6.45) is 2.82. The summed E-state index contributed by atoms with van der Waals surface area (Å²) in [4.78, 5) is 26.0. The van der Waals surface area contributed by atoms with E-state index in [-0.39, 0.29) is 11.5 Å². The number of rotatable bonds is 6. The van der Waals surface area contributed by atoms with Crippen molar-refractivity contribution in [2.45, 2.75) is 24.3 Å². The van der Waals surface area contributed by atoms with Crippen molar-refractivity contribution in [1.29, 1.82) is 0 Å². The van der Waals surface area contributed by atoms with Gasteiger partial charge in [0.2, 0.25) is 5.91 Å². The van der Waals surface area contributed by atoms with E-state index in [0.717, 1.165) is 11.1 Å². The van der Waals surface area contributed by atoms with Crippen molar-refractivity contribution in [3.63, 3.8) is 0 Å². The highest BCUT2D eigenvalue weighted by molar-refractivity contribution is 7.98. The van der Waals surface area contributed by atoms with Crippen molar-refractivity contribution in [2.75, 3.05) is 12.8 Å². The van der Waals surface area contributed by atoms with Gasteiger partial charge in [-0.05, 0) is 49.4 Å². The van der Waals surface area contributed by atoms with Crippen LogP contribution >= 0.6 is 23.3 Å². The van der Waals surface area contributed by atoms with E-state index in [1.165, 1.54) is 22.0 Å². The molecule has 1 aromatic heterocycles.